The Morgan fingerprint density at radius 1 is 0.370 bits per heavy atom. The summed E-state index contributed by atoms with van der Waals surface area (Å²) in [5.74, 6) is 2.88. The van der Waals surface area contributed by atoms with Crippen LogP contribution in [-0.2, 0) is 29.8 Å². The van der Waals surface area contributed by atoms with E-state index in [1.54, 1.807) is 0 Å². The van der Waals surface area contributed by atoms with Crippen molar-refractivity contribution in [2.45, 2.75) is 89.4 Å². The Labute approximate surface area is 320 Å². The van der Waals surface area contributed by atoms with Crippen LogP contribution in [0.1, 0.15) is 75.6 Å². The molecule has 0 aliphatic heterocycles. The van der Waals surface area contributed by atoms with Gasteiger partial charge in [-0.2, -0.15) is 0 Å². The number of ether oxygens (including phenoxy) is 8. The van der Waals surface area contributed by atoms with Gasteiger partial charge < -0.3 is 37.9 Å². The molecule has 1 aliphatic carbocycles. The molecular formula is C46H52O8. The molecular weight excluding hydrogens is 680 g/mol. The maximum atomic E-state index is 5.98. The van der Waals surface area contributed by atoms with E-state index in [4.69, 9.17) is 37.9 Å². The third kappa shape index (κ3) is 9.42. The van der Waals surface area contributed by atoms with Crippen LogP contribution in [0.3, 0.4) is 0 Å². The Hall–Kier alpha value is -5.76. The summed E-state index contributed by atoms with van der Waals surface area (Å²) in [5.41, 5.74) is 4.23. The zero-order valence-corrected chi connectivity index (χ0v) is 31.8. The molecule has 0 aromatic heterocycles. The van der Waals surface area contributed by atoms with Crippen LogP contribution >= 0.6 is 0 Å². The van der Waals surface area contributed by atoms with Crippen LogP contribution < -0.4 is 18.9 Å². The van der Waals surface area contributed by atoms with E-state index in [1.807, 2.05) is 76.2 Å². The first-order valence-corrected chi connectivity index (χ1v) is 18.3. The van der Waals surface area contributed by atoms with Gasteiger partial charge in [-0.15, -0.1) is 0 Å². The van der Waals surface area contributed by atoms with Crippen LogP contribution in [0.25, 0.3) is 0 Å². The van der Waals surface area contributed by atoms with Gasteiger partial charge in [-0.25, -0.2) is 0 Å². The zero-order chi connectivity index (χ0) is 38.6. The standard InChI is InChI=1S/C46H52O8/c1-9-47-33(5)51-41-21-13-37(14-22-41)45(38-15-23-42(24-16-38)52-34(6)48-10-2)29-31-46(32-30-45,39-17-25-43(26-18-39)53-35(7)49-11-3)40-19-27-44(28-20-40)54-36(8)50-12-4/h9-28,33-36H,1-4,29-32H2,5-8H3. The maximum Gasteiger partial charge on any atom is 0.237 e. The van der Waals surface area contributed by atoms with Crippen molar-refractivity contribution in [1.82, 2.24) is 0 Å². The van der Waals surface area contributed by atoms with Gasteiger partial charge in [-0.05, 0) is 96.5 Å². The average Bonchev–Trinajstić information content (AvgIpc) is 3.16. The van der Waals surface area contributed by atoms with Crippen LogP contribution in [0, 0.1) is 0 Å². The van der Waals surface area contributed by atoms with Crippen LogP contribution in [-0.4, -0.2) is 25.2 Å². The van der Waals surface area contributed by atoms with E-state index >= 15 is 0 Å². The molecule has 0 radical (unpaired) electrons. The smallest absolute Gasteiger partial charge is 0.237 e. The first-order chi connectivity index (χ1) is 26.1. The molecule has 1 fully saturated rings. The average molecular weight is 733 g/mol. The lowest BCUT2D eigenvalue weighted by atomic mass is 9.55. The lowest BCUT2D eigenvalue weighted by molar-refractivity contribution is -0.0136. The van der Waals surface area contributed by atoms with E-state index in [-0.39, 0.29) is 10.8 Å². The van der Waals surface area contributed by atoms with Crippen molar-refractivity contribution in [2.75, 3.05) is 0 Å². The summed E-state index contributed by atoms with van der Waals surface area (Å²) in [6.07, 6.45) is 7.18. The van der Waals surface area contributed by atoms with Crippen molar-refractivity contribution in [3.05, 3.63) is 171 Å². The Kier molecular flexibility index (Phi) is 13.4. The fourth-order valence-electron chi connectivity index (χ4n) is 7.42. The van der Waals surface area contributed by atoms with Crippen molar-refractivity contribution >= 4 is 0 Å². The molecule has 5 rings (SSSR count). The van der Waals surface area contributed by atoms with Gasteiger partial charge >= 0.3 is 0 Å². The Bertz CT molecular complexity index is 1530. The summed E-state index contributed by atoms with van der Waals surface area (Å²) in [4.78, 5) is 0. The van der Waals surface area contributed by atoms with E-state index in [2.05, 4.69) is 74.8 Å². The summed E-state index contributed by atoms with van der Waals surface area (Å²) in [5, 5.41) is 0. The van der Waals surface area contributed by atoms with E-state index in [0.29, 0.717) is 0 Å². The van der Waals surface area contributed by atoms with E-state index in [0.717, 1.165) is 48.7 Å². The van der Waals surface area contributed by atoms with Crippen molar-refractivity contribution < 1.29 is 37.9 Å². The third-order valence-electron chi connectivity index (χ3n) is 9.94. The molecule has 8 heteroatoms. The Morgan fingerprint density at radius 2 is 0.556 bits per heavy atom. The number of hydrogen-bond donors (Lipinski definition) is 0. The molecule has 0 saturated heterocycles. The van der Waals surface area contributed by atoms with Crippen LogP contribution in [0.5, 0.6) is 23.0 Å². The Morgan fingerprint density at radius 3 is 0.722 bits per heavy atom. The largest absolute Gasteiger partial charge is 0.463 e. The van der Waals surface area contributed by atoms with Gasteiger partial charge in [0.1, 0.15) is 23.0 Å². The molecule has 4 unspecified atom stereocenters. The van der Waals surface area contributed by atoms with Gasteiger partial charge in [0.2, 0.25) is 25.2 Å². The second-order valence-corrected chi connectivity index (χ2v) is 13.2. The minimum Gasteiger partial charge on any atom is -0.463 e. The predicted octanol–water partition coefficient (Wildman–Crippen LogP) is 11.1. The van der Waals surface area contributed by atoms with Gasteiger partial charge in [0.15, 0.2) is 0 Å². The normalized spacial score (nSPS) is 20.1. The van der Waals surface area contributed by atoms with Crippen molar-refractivity contribution in [1.29, 1.82) is 0 Å². The second kappa shape index (κ2) is 18.3. The van der Waals surface area contributed by atoms with Gasteiger partial charge in [-0.1, -0.05) is 74.8 Å². The summed E-state index contributed by atoms with van der Waals surface area (Å²) in [6, 6.07) is 33.5. The second-order valence-electron chi connectivity index (χ2n) is 13.2. The summed E-state index contributed by atoms with van der Waals surface area (Å²) in [7, 11) is 0. The fourth-order valence-corrected chi connectivity index (χ4v) is 7.42. The van der Waals surface area contributed by atoms with Crippen LogP contribution in [0.15, 0.2) is 148 Å². The maximum absolute atomic E-state index is 5.98. The van der Waals surface area contributed by atoms with Gasteiger partial charge in [-0.3, -0.25) is 0 Å². The molecule has 54 heavy (non-hydrogen) atoms. The molecule has 0 N–H and O–H groups in total. The highest BCUT2D eigenvalue weighted by Crippen LogP contribution is 2.55. The molecule has 0 bridgehead atoms. The van der Waals surface area contributed by atoms with E-state index in [1.165, 1.54) is 47.3 Å². The number of rotatable bonds is 20. The predicted molar refractivity (Wildman–Crippen MR) is 211 cm³/mol. The minimum atomic E-state index is -0.457. The monoisotopic (exact) mass is 732 g/mol. The SMILES string of the molecule is C=COC(C)Oc1ccc(C2(c3ccc(OC(C)OC=C)cc3)CCC(c3ccc(OC(C)OC=C)cc3)(c3ccc(OC(C)OC=C)cc3)CC2)cc1. The Balaban J connectivity index is 1.53. The van der Waals surface area contributed by atoms with Gasteiger partial charge in [0.25, 0.3) is 0 Å². The number of benzene rings is 4. The van der Waals surface area contributed by atoms with Crippen molar-refractivity contribution in [3.63, 3.8) is 0 Å². The number of hydrogen-bond acceptors (Lipinski definition) is 8. The highest BCUT2D eigenvalue weighted by atomic mass is 16.7. The highest BCUT2D eigenvalue weighted by Gasteiger charge is 2.46. The molecule has 0 amide bonds. The summed E-state index contributed by atoms with van der Waals surface area (Å²) in [6.45, 7) is 21.9. The summed E-state index contributed by atoms with van der Waals surface area (Å²) < 4.78 is 45.5. The van der Waals surface area contributed by atoms with E-state index in [9.17, 15) is 0 Å². The lowest BCUT2D eigenvalue weighted by Crippen LogP contribution is -2.41. The first kappa shape index (κ1) is 39.4. The minimum absolute atomic E-state index is 0.298. The van der Waals surface area contributed by atoms with Gasteiger partial charge in [0, 0.05) is 38.5 Å². The molecule has 4 aromatic carbocycles. The van der Waals surface area contributed by atoms with E-state index < -0.39 is 25.2 Å². The zero-order valence-electron chi connectivity index (χ0n) is 31.8. The van der Waals surface area contributed by atoms with Crippen LogP contribution in [0.2, 0.25) is 0 Å². The third-order valence-corrected chi connectivity index (χ3v) is 9.94. The molecule has 0 spiro atoms. The molecule has 4 aromatic rings. The molecule has 284 valence electrons. The van der Waals surface area contributed by atoms with Crippen LogP contribution in [0.4, 0.5) is 0 Å². The summed E-state index contributed by atoms with van der Waals surface area (Å²) >= 11 is 0. The lowest BCUT2D eigenvalue weighted by Gasteiger charge is -2.48. The molecule has 4 atom stereocenters. The topological polar surface area (TPSA) is 73.8 Å². The van der Waals surface area contributed by atoms with Gasteiger partial charge in [0.05, 0.1) is 25.0 Å². The molecule has 1 aliphatic rings. The molecule has 8 nitrogen and oxygen atoms in total. The quantitative estimate of drug-likeness (QED) is 0.0657. The molecule has 1 saturated carbocycles. The first-order valence-electron chi connectivity index (χ1n) is 18.3. The molecule has 0 heterocycles. The van der Waals surface area contributed by atoms with Crippen molar-refractivity contribution in [2.24, 2.45) is 0 Å². The highest BCUT2D eigenvalue weighted by molar-refractivity contribution is 5.49. The van der Waals surface area contributed by atoms with Crippen molar-refractivity contribution in [3.8, 4) is 23.0 Å². The fraction of sp³-hybridized carbons (Fsp3) is 0.304.